The smallest absolute Gasteiger partial charge is 0.335 e. The molecule has 0 amide bonds. The number of hydrogen-bond donors (Lipinski definition) is 2. The first-order valence-corrected chi connectivity index (χ1v) is 8.45. The van der Waals surface area contributed by atoms with Crippen LogP contribution in [0.1, 0.15) is 30.1 Å². The number of nitrogens with one attached hydrogen (secondary N) is 1. The zero-order valence-corrected chi connectivity index (χ0v) is 12.8. The molecular weight excluding hydrogens is 292 g/mol. The zero-order valence-electron chi connectivity index (χ0n) is 11.9. The number of likely N-dealkylation sites (tertiary alicyclic amines) is 1. The Bertz CT molecular complexity index is 609. The summed E-state index contributed by atoms with van der Waals surface area (Å²) in [6, 6.07) is 5.50. The highest BCUT2D eigenvalue weighted by atomic mass is 32.2. The highest BCUT2D eigenvalue weighted by molar-refractivity contribution is 7.89. The van der Waals surface area contributed by atoms with Crippen molar-refractivity contribution in [2.24, 2.45) is 0 Å². The van der Waals surface area contributed by atoms with Crippen LogP contribution in [0.4, 0.5) is 0 Å². The van der Waals surface area contributed by atoms with Gasteiger partial charge in [0.1, 0.15) is 0 Å². The van der Waals surface area contributed by atoms with Crippen molar-refractivity contribution in [2.75, 3.05) is 19.6 Å². The first-order chi connectivity index (χ1) is 9.90. The molecule has 2 rings (SSSR count). The summed E-state index contributed by atoms with van der Waals surface area (Å²) in [5.41, 5.74) is -0.0366. The molecule has 0 aromatic heterocycles. The normalized spacial score (nSPS) is 17.8. The fourth-order valence-electron chi connectivity index (χ4n) is 2.42. The summed E-state index contributed by atoms with van der Waals surface area (Å²) >= 11 is 0. The van der Waals surface area contributed by atoms with E-state index in [2.05, 4.69) is 9.62 Å². The highest BCUT2D eigenvalue weighted by Crippen LogP contribution is 2.14. The summed E-state index contributed by atoms with van der Waals surface area (Å²) in [6.45, 7) is 4.30. The van der Waals surface area contributed by atoms with E-state index in [0.717, 1.165) is 25.9 Å². The van der Waals surface area contributed by atoms with Gasteiger partial charge in [-0.05, 0) is 51.1 Å². The lowest BCUT2D eigenvalue weighted by atomic mass is 10.2. The maximum Gasteiger partial charge on any atom is 0.335 e. The van der Waals surface area contributed by atoms with Crippen LogP contribution >= 0.6 is 0 Å². The van der Waals surface area contributed by atoms with Crippen LogP contribution in [0, 0.1) is 0 Å². The van der Waals surface area contributed by atoms with Gasteiger partial charge in [-0.1, -0.05) is 6.07 Å². The average Bonchev–Trinajstić information content (AvgIpc) is 2.99. The van der Waals surface area contributed by atoms with E-state index in [-0.39, 0.29) is 16.5 Å². The van der Waals surface area contributed by atoms with Crippen molar-refractivity contribution in [1.29, 1.82) is 0 Å². The SMILES string of the molecule is CC(CNS(=O)(=O)c1cccc(C(=O)O)c1)N1CCCC1. The van der Waals surface area contributed by atoms with Crippen LogP contribution in [-0.2, 0) is 10.0 Å². The minimum Gasteiger partial charge on any atom is -0.478 e. The number of benzene rings is 1. The lowest BCUT2D eigenvalue weighted by Gasteiger charge is -2.23. The molecule has 21 heavy (non-hydrogen) atoms. The van der Waals surface area contributed by atoms with E-state index in [4.69, 9.17) is 5.11 Å². The Labute approximate surface area is 124 Å². The number of carbonyl (C=O) groups is 1. The van der Waals surface area contributed by atoms with E-state index >= 15 is 0 Å². The van der Waals surface area contributed by atoms with Gasteiger partial charge >= 0.3 is 5.97 Å². The molecule has 1 aromatic carbocycles. The van der Waals surface area contributed by atoms with Crippen LogP contribution in [0.2, 0.25) is 0 Å². The van der Waals surface area contributed by atoms with Crippen molar-refractivity contribution < 1.29 is 18.3 Å². The largest absolute Gasteiger partial charge is 0.478 e. The van der Waals surface area contributed by atoms with Crippen LogP contribution in [0.5, 0.6) is 0 Å². The molecule has 6 nitrogen and oxygen atoms in total. The third-order valence-corrected chi connectivity index (χ3v) is 5.15. The van der Waals surface area contributed by atoms with Gasteiger partial charge in [-0.3, -0.25) is 4.90 Å². The third kappa shape index (κ3) is 4.03. The van der Waals surface area contributed by atoms with Gasteiger partial charge in [0.25, 0.3) is 0 Å². The Morgan fingerprint density at radius 3 is 2.67 bits per heavy atom. The molecule has 1 aliphatic rings. The second-order valence-electron chi connectivity index (χ2n) is 5.28. The summed E-state index contributed by atoms with van der Waals surface area (Å²) in [4.78, 5) is 13.1. The molecule has 0 radical (unpaired) electrons. The lowest BCUT2D eigenvalue weighted by Crippen LogP contribution is -2.40. The number of nitrogens with zero attached hydrogens (tertiary/aromatic N) is 1. The van der Waals surface area contributed by atoms with Gasteiger partial charge in [-0.2, -0.15) is 0 Å². The van der Waals surface area contributed by atoms with E-state index in [0.29, 0.717) is 6.54 Å². The molecule has 116 valence electrons. The van der Waals surface area contributed by atoms with Crippen molar-refractivity contribution in [3.05, 3.63) is 29.8 Å². The Hall–Kier alpha value is -1.44. The number of rotatable bonds is 6. The third-order valence-electron chi connectivity index (χ3n) is 3.72. The summed E-state index contributed by atoms with van der Waals surface area (Å²) < 4.78 is 27.0. The van der Waals surface area contributed by atoms with E-state index in [1.807, 2.05) is 6.92 Å². The van der Waals surface area contributed by atoms with Crippen molar-refractivity contribution in [1.82, 2.24) is 9.62 Å². The van der Waals surface area contributed by atoms with Crippen molar-refractivity contribution in [3.63, 3.8) is 0 Å². The van der Waals surface area contributed by atoms with Crippen LogP contribution in [-0.4, -0.2) is 50.1 Å². The monoisotopic (exact) mass is 312 g/mol. The van der Waals surface area contributed by atoms with Crippen molar-refractivity contribution >= 4 is 16.0 Å². The first-order valence-electron chi connectivity index (χ1n) is 6.97. The number of sulfonamides is 1. The number of carboxylic acid groups (broad SMARTS) is 1. The van der Waals surface area contributed by atoms with Crippen LogP contribution in [0.25, 0.3) is 0 Å². The summed E-state index contributed by atoms with van der Waals surface area (Å²) in [5, 5.41) is 8.91. The standard InChI is InChI=1S/C14H20N2O4S/c1-11(16-7-2-3-8-16)10-15-21(19,20)13-6-4-5-12(9-13)14(17)18/h4-6,9,11,15H,2-3,7-8,10H2,1H3,(H,17,18). The molecule has 7 heteroatoms. The van der Waals surface area contributed by atoms with Crippen LogP contribution in [0.15, 0.2) is 29.2 Å². The highest BCUT2D eigenvalue weighted by Gasteiger charge is 2.21. The lowest BCUT2D eigenvalue weighted by molar-refractivity contribution is 0.0696. The minimum absolute atomic E-state index is 0.0176. The van der Waals surface area contributed by atoms with Crippen LogP contribution in [0.3, 0.4) is 0 Å². The molecule has 1 saturated heterocycles. The fourth-order valence-corrected chi connectivity index (χ4v) is 3.59. The number of hydrogen-bond acceptors (Lipinski definition) is 4. The second-order valence-corrected chi connectivity index (χ2v) is 7.04. The summed E-state index contributed by atoms with van der Waals surface area (Å²) in [6.07, 6.45) is 2.30. The van der Waals surface area contributed by atoms with Gasteiger partial charge in [0.05, 0.1) is 10.5 Å². The van der Waals surface area contributed by atoms with Crippen LogP contribution < -0.4 is 4.72 Å². The van der Waals surface area contributed by atoms with Gasteiger partial charge in [-0.15, -0.1) is 0 Å². The molecule has 0 bridgehead atoms. The van der Waals surface area contributed by atoms with E-state index in [9.17, 15) is 13.2 Å². The Morgan fingerprint density at radius 2 is 2.05 bits per heavy atom. The van der Waals surface area contributed by atoms with E-state index < -0.39 is 16.0 Å². The molecule has 1 atom stereocenters. The van der Waals surface area contributed by atoms with Gasteiger partial charge in [0, 0.05) is 12.6 Å². The maximum absolute atomic E-state index is 12.2. The Kier molecular flexibility index (Phi) is 4.97. The zero-order chi connectivity index (χ0) is 15.5. The van der Waals surface area contributed by atoms with Crippen molar-refractivity contribution in [3.8, 4) is 0 Å². The second kappa shape index (κ2) is 6.55. The van der Waals surface area contributed by atoms with Gasteiger partial charge in [0.2, 0.25) is 10.0 Å². The molecule has 1 aliphatic heterocycles. The van der Waals surface area contributed by atoms with Gasteiger partial charge < -0.3 is 5.11 Å². The average molecular weight is 312 g/mol. The minimum atomic E-state index is -3.68. The number of aromatic carboxylic acids is 1. The molecule has 1 unspecified atom stereocenters. The van der Waals surface area contributed by atoms with Gasteiger partial charge in [0.15, 0.2) is 0 Å². The molecular formula is C14H20N2O4S. The Balaban J connectivity index is 2.04. The van der Waals surface area contributed by atoms with E-state index in [1.54, 1.807) is 0 Å². The fraction of sp³-hybridized carbons (Fsp3) is 0.500. The quantitative estimate of drug-likeness (QED) is 0.823. The summed E-state index contributed by atoms with van der Waals surface area (Å²) in [5.74, 6) is -1.14. The number of carboxylic acids is 1. The molecule has 0 saturated carbocycles. The van der Waals surface area contributed by atoms with Gasteiger partial charge in [-0.25, -0.2) is 17.9 Å². The predicted octanol–water partition coefficient (Wildman–Crippen LogP) is 1.15. The molecule has 0 spiro atoms. The maximum atomic E-state index is 12.2. The Morgan fingerprint density at radius 1 is 1.38 bits per heavy atom. The predicted molar refractivity (Wildman–Crippen MR) is 78.9 cm³/mol. The van der Waals surface area contributed by atoms with Crippen molar-refractivity contribution in [2.45, 2.75) is 30.7 Å². The molecule has 1 fully saturated rings. The van der Waals surface area contributed by atoms with E-state index in [1.165, 1.54) is 24.3 Å². The molecule has 1 heterocycles. The molecule has 1 aromatic rings. The first kappa shape index (κ1) is 15.9. The summed E-state index contributed by atoms with van der Waals surface area (Å²) in [7, 11) is -3.68. The molecule has 2 N–H and O–H groups in total. The topological polar surface area (TPSA) is 86.7 Å². The molecule has 0 aliphatic carbocycles.